The molecule has 0 radical (unpaired) electrons. The molecule has 6 aromatic rings. The highest BCUT2D eigenvalue weighted by Gasteiger charge is 2.23. The molecule has 5 aromatic heterocycles. The number of fused-ring (bicyclic) bond motifs is 2. The van der Waals surface area contributed by atoms with Crippen molar-refractivity contribution in [2.45, 2.75) is 32.1 Å². The molecular formula is C32H29FN8O3S. The number of rotatable bonds is 8. The Hall–Kier alpha value is -5.04. The molecule has 0 aliphatic heterocycles. The average molecular weight is 625 g/mol. The Kier molecular flexibility index (Phi) is 7.32. The number of hydrogen-bond donors (Lipinski definition) is 3. The maximum absolute atomic E-state index is 14.6. The summed E-state index contributed by atoms with van der Waals surface area (Å²) in [6, 6.07) is 8.31. The molecule has 7 rings (SSSR count). The molecule has 13 heteroatoms. The largest absolute Gasteiger partial charge is 0.335 e. The molecule has 0 unspecified atom stereocenters. The summed E-state index contributed by atoms with van der Waals surface area (Å²) < 4.78 is 38.0. The molecule has 1 fully saturated rings. The van der Waals surface area contributed by atoms with Gasteiger partial charge in [-0.1, -0.05) is 18.9 Å². The molecule has 1 aliphatic carbocycles. The van der Waals surface area contributed by atoms with Gasteiger partial charge in [0.2, 0.25) is 5.91 Å². The van der Waals surface area contributed by atoms with E-state index in [0.29, 0.717) is 50.6 Å². The van der Waals surface area contributed by atoms with Crippen LogP contribution in [-0.4, -0.2) is 61.5 Å². The number of hydrogen-bond acceptors (Lipinski definition) is 8. The number of sulfone groups is 1. The van der Waals surface area contributed by atoms with E-state index < -0.39 is 15.7 Å². The van der Waals surface area contributed by atoms with E-state index in [1.807, 2.05) is 12.1 Å². The van der Waals surface area contributed by atoms with Crippen LogP contribution < -0.4 is 5.32 Å². The second-order valence-electron chi connectivity index (χ2n) is 11.5. The Bertz CT molecular complexity index is 2190. The predicted octanol–water partition coefficient (Wildman–Crippen LogP) is 5.48. The standard InChI is InChI=1S/C32H29FN8O3S/c1-45(43,44)7-6-18-8-20(10-23(33)9-18)26-16-35-17-27-28(26)39-31(38-27)29-25-12-22(14-36-30(25)41-40-29)21-11-24(15-34-13-21)37-32(42)19-4-2-3-5-19/h8-17,19H,2-7H2,1H3,(H,37,42)(H,38,39)(H,36,40,41). The zero-order valence-electron chi connectivity index (χ0n) is 24.3. The molecule has 1 amide bonds. The summed E-state index contributed by atoms with van der Waals surface area (Å²) in [5, 5.41) is 11.1. The molecule has 0 atom stereocenters. The van der Waals surface area contributed by atoms with E-state index in [0.717, 1.165) is 48.5 Å². The first-order valence-corrected chi connectivity index (χ1v) is 16.7. The summed E-state index contributed by atoms with van der Waals surface area (Å²) >= 11 is 0. The van der Waals surface area contributed by atoms with Crippen molar-refractivity contribution in [2.75, 3.05) is 17.3 Å². The van der Waals surface area contributed by atoms with Crippen LogP contribution in [0.1, 0.15) is 31.2 Å². The molecule has 228 valence electrons. The minimum atomic E-state index is -3.21. The van der Waals surface area contributed by atoms with Gasteiger partial charge in [-0.05, 0) is 54.7 Å². The van der Waals surface area contributed by atoms with Crippen LogP contribution >= 0.6 is 0 Å². The molecule has 1 saturated carbocycles. The van der Waals surface area contributed by atoms with E-state index >= 15 is 0 Å². The first kappa shape index (κ1) is 28.7. The molecule has 45 heavy (non-hydrogen) atoms. The number of imidazole rings is 1. The van der Waals surface area contributed by atoms with E-state index in [1.54, 1.807) is 37.1 Å². The molecule has 0 spiro atoms. The number of pyridine rings is 3. The highest BCUT2D eigenvalue weighted by Crippen LogP contribution is 2.33. The van der Waals surface area contributed by atoms with E-state index in [2.05, 4.69) is 35.5 Å². The van der Waals surface area contributed by atoms with Gasteiger partial charge in [0.1, 0.15) is 21.3 Å². The van der Waals surface area contributed by atoms with Crippen LogP contribution in [0.25, 0.3) is 55.8 Å². The fourth-order valence-electron chi connectivity index (χ4n) is 5.85. The third-order valence-electron chi connectivity index (χ3n) is 8.14. The van der Waals surface area contributed by atoms with Gasteiger partial charge >= 0.3 is 0 Å². The zero-order valence-corrected chi connectivity index (χ0v) is 25.2. The maximum atomic E-state index is 14.6. The van der Waals surface area contributed by atoms with Crippen LogP contribution in [-0.2, 0) is 21.1 Å². The quantitative estimate of drug-likeness (QED) is 0.201. The van der Waals surface area contributed by atoms with Gasteiger partial charge in [-0.2, -0.15) is 5.10 Å². The minimum absolute atomic E-state index is 0.0271. The van der Waals surface area contributed by atoms with Crippen LogP contribution in [0.5, 0.6) is 0 Å². The van der Waals surface area contributed by atoms with Gasteiger partial charge in [-0.25, -0.2) is 22.8 Å². The lowest BCUT2D eigenvalue weighted by Crippen LogP contribution is -2.20. The van der Waals surface area contributed by atoms with Gasteiger partial charge in [-0.15, -0.1) is 0 Å². The summed E-state index contributed by atoms with van der Waals surface area (Å²) in [6.07, 6.45) is 13.7. The Labute approximate surface area is 257 Å². The molecule has 1 aromatic carbocycles. The van der Waals surface area contributed by atoms with Gasteiger partial charge in [-0.3, -0.25) is 19.9 Å². The van der Waals surface area contributed by atoms with Gasteiger partial charge in [0.25, 0.3) is 0 Å². The van der Waals surface area contributed by atoms with Crippen molar-refractivity contribution in [3.8, 4) is 33.8 Å². The van der Waals surface area contributed by atoms with Crippen molar-refractivity contribution in [1.29, 1.82) is 0 Å². The van der Waals surface area contributed by atoms with Crippen molar-refractivity contribution < 1.29 is 17.6 Å². The van der Waals surface area contributed by atoms with Crippen LogP contribution in [0.4, 0.5) is 10.1 Å². The number of nitrogens with one attached hydrogen (secondary N) is 3. The molecule has 1 aliphatic rings. The third kappa shape index (κ3) is 6.03. The number of aryl methyl sites for hydroxylation is 1. The summed E-state index contributed by atoms with van der Waals surface area (Å²) in [5.74, 6) is 0.00833. The number of H-pyrrole nitrogens is 2. The van der Waals surface area contributed by atoms with E-state index in [1.165, 1.54) is 12.1 Å². The fourth-order valence-corrected chi connectivity index (χ4v) is 6.46. The van der Waals surface area contributed by atoms with E-state index in [9.17, 15) is 17.6 Å². The lowest BCUT2D eigenvalue weighted by molar-refractivity contribution is -0.119. The van der Waals surface area contributed by atoms with Crippen molar-refractivity contribution in [2.24, 2.45) is 5.92 Å². The number of aromatic amines is 2. The SMILES string of the molecule is CS(=O)(=O)CCc1cc(F)cc(-c2cncc3[nH]c(-c4[nH]nc5ncc(-c6cncc(NC(=O)C7CCCC7)c6)cc45)nc23)c1. The van der Waals surface area contributed by atoms with E-state index in [-0.39, 0.29) is 24.0 Å². The van der Waals surface area contributed by atoms with Gasteiger partial charge in [0, 0.05) is 47.5 Å². The van der Waals surface area contributed by atoms with Crippen LogP contribution in [0.3, 0.4) is 0 Å². The highest BCUT2D eigenvalue weighted by atomic mass is 32.2. The summed E-state index contributed by atoms with van der Waals surface area (Å²) in [6.45, 7) is 0. The lowest BCUT2D eigenvalue weighted by atomic mass is 10.0. The second-order valence-corrected chi connectivity index (χ2v) is 13.8. The fraction of sp³-hybridized carbons (Fsp3) is 0.250. The monoisotopic (exact) mass is 624 g/mol. The van der Waals surface area contributed by atoms with Crippen LogP contribution in [0.2, 0.25) is 0 Å². The van der Waals surface area contributed by atoms with Gasteiger partial charge < -0.3 is 10.3 Å². The number of carbonyl (C=O) groups is 1. The second kappa shape index (κ2) is 11.5. The van der Waals surface area contributed by atoms with Crippen molar-refractivity contribution in [1.82, 2.24) is 35.1 Å². The number of halogens is 1. The number of anilines is 1. The van der Waals surface area contributed by atoms with Crippen molar-refractivity contribution in [3.05, 3.63) is 72.7 Å². The van der Waals surface area contributed by atoms with Crippen LogP contribution in [0, 0.1) is 11.7 Å². The van der Waals surface area contributed by atoms with Gasteiger partial charge in [0.15, 0.2) is 11.5 Å². The number of aromatic nitrogens is 7. The van der Waals surface area contributed by atoms with E-state index in [4.69, 9.17) is 4.98 Å². The summed E-state index contributed by atoms with van der Waals surface area (Å²) in [7, 11) is -3.21. The van der Waals surface area contributed by atoms with Crippen LogP contribution in [0.15, 0.2) is 61.3 Å². The zero-order chi connectivity index (χ0) is 31.1. The van der Waals surface area contributed by atoms with Crippen molar-refractivity contribution in [3.63, 3.8) is 0 Å². The maximum Gasteiger partial charge on any atom is 0.227 e. The molecule has 3 N–H and O–H groups in total. The first-order valence-electron chi connectivity index (χ1n) is 14.6. The average Bonchev–Trinajstić information content (AvgIpc) is 3.79. The Balaban J connectivity index is 1.22. The molecular weight excluding hydrogens is 595 g/mol. The number of nitrogens with zero attached hydrogens (tertiary/aromatic N) is 5. The Morgan fingerprint density at radius 3 is 2.60 bits per heavy atom. The topological polar surface area (TPSA) is 159 Å². The minimum Gasteiger partial charge on any atom is -0.335 e. The number of benzene rings is 1. The summed E-state index contributed by atoms with van der Waals surface area (Å²) in [5.41, 5.74) is 6.21. The third-order valence-corrected chi connectivity index (χ3v) is 9.08. The molecule has 11 nitrogen and oxygen atoms in total. The number of carbonyl (C=O) groups excluding carboxylic acids is 1. The molecule has 0 bridgehead atoms. The van der Waals surface area contributed by atoms with Gasteiger partial charge in [0.05, 0.1) is 40.3 Å². The smallest absolute Gasteiger partial charge is 0.227 e. The Morgan fingerprint density at radius 1 is 0.978 bits per heavy atom. The first-order chi connectivity index (χ1) is 21.7. The number of amides is 1. The highest BCUT2D eigenvalue weighted by molar-refractivity contribution is 7.90. The molecule has 5 heterocycles. The molecule has 0 saturated heterocycles. The summed E-state index contributed by atoms with van der Waals surface area (Å²) in [4.78, 5) is 34.0. The Morgan fingerprint density at radius 2 is 1.78 bits per heavy atom. The predicted molar refractivity (Wildman–Crippen MR) is 169 cm³/mol. The lowest BCUT2D eigenvalue weighted by Gasteiger charge is -2.11. The van der Waals surface area contributed by atoms with Crippen molar-refractivity contribution >= 4 is 43.5 Å². The normalized spacial score (nSPS) is 14.0.